The van der Waals surface area contributed by atoms with Crippen LogP contribution in [0.15, 0.2) is 0 Å². The molecule has 3 N–H and O–H groups in total. The van der Waals surface area contributed by atoms with Gasteiger partial charge in [-0.15, -0.1) is 0 Å². The summed E-state index contributed by atoms with van der Waals surface area (Å²) in [4.78, 5) is 9.82. The van der Waals surface area contributed by atoms with E-state index in [2.05, 4.69) is 18.6 Å². The molecule has 108 valence electrons. The highest BCUT2D eigenvalue weighted by molar-refractivity contribution is 5.65. The van der Waals surface area contributed by atoms with Crippen LogP contribution in [-0.2, 0) is 9.53 Å². The Kier molecular flexibility index (Phi) is 43.9. The van der Waals surface area contributed by atoms with Gasteiger partial charge in [-0.3, -0.25) is 4.79 Å². The van der Waals surface area contributed by atoms with Crippen molar-refractivity contribution in [3.05, 3.63) is 0 Å². The molecule has 0 aromatic rings. The maximum Gasteiger partial charge on any atom is 0.302 e. The molecular weight excluding hydrogens is 220 g/mol. The van der Waals surface area contributed by atoms with E-state index in [0.29, 0.717) is 6.61 Å². The van der Waals surface area contributed by atoms with Crippen LogP contribution in [0.3, 0.4) is 0 Å². The summed E-state index contributed by atoms with van der Waals surface area (Å²) < 4.78 is 4.40. The fourth-order valence-electron chi connectivity index (χ4n) is 0.880. The maximum atomic E-state index is 9.82. The summed E-state index contributed by atoms with van der Waals surface area (Å²) in [5.41, 5.74) is 0. The van der Waals surface area contributed by atoms with Gasteiger partial charge in [-0.2, -0.15) is 0 Å². The van der Waals surface area contributed by atoms with Crippen LogP contribution in [0.1, 0.15) is 66.7 Å². The first-order valence-electron chi connectivity index (χ1n) is 6.34. The molecule has 17 heavy (non-hydrogen) atoms. The molecule has 4 nitrogen and oxygen atoms in total. The molecule has 0 saturated heterocycles. The molecule has 4 heteroatoms. The standard InChI is InChI=1S/C7H16.C4H8O2.C2H6O.H2O/c1-3-5-7-6-4-2;1-3-6-4(2)5;1-2-3;/h3-7H2,1-2H3;3H2,1-2H3;3H,2H2,1H3;1H2. The van der Waals surface area contributed by atoms with Gasteiger partial charge >= 0.3 is 5.97 Å². The lowest BCUT2D eigenvalue weighted by molar-refractivity contribution is -0.140. The predicted octanol–water partition coefficient (Wildman–Crippen LogP) is 2.72. The minimum Gasteiger partial charge on any atom is -0.466 e. The average molecular weight is 252 g/mol. The Morgan fingerprint density at radius 3 is 1.47 bits per heavy atom. The van der Waals surface area contributed by atoms with Gasteiger partial charge in [0.25, 0.3) is 0 Å². The summed E-state index contributed by atoms with van der Waals surface area (Å²) in [7, 11) is 0. The van der Waals surface area contributed by atoms with Gasteiger partial charge < -0.3 is 15.3 Å². The number of esters is 1. The zero-order chi connectivity index (χ0) is 13.2. The first-order valence-corrected chi connectivity index (χ1v) is 6.34. The Hall–Kier alpha value is -0.610. The lowest BCUT2D eigenvalue weighted by atomic mass is 10.2. The second-order valence-corrected chi connectivity index (χ2v) is 3.30. The number of aliphatic hydroxyl groups excluding tert-OH is 1. The molecule has 0 aliphatic rings. The third kappa shape index (κ3) is 67.6. The number of carbonyl (C=O) groups excluding carboxylic acids is 1. The number of ether oxygens (including phenoxy) is 1. The van der Waals surface area contributed by atoms with E-state index in [1.807, 2.05) is 0 Å². The maximum absolute atomic E-state index is 9.82. The van der Waals surface area contributed by atoms with Crippen molar-refractivity contribution in [1.82, 2.24) is 0 Å². The molecule has 0 saturated carbocycles. The molecule has 0 aromatic carbocycles. The normalized spacial score (nSPS) is 7.65. The minimum absolute atomic E-state index is 0. The molecular formula is C13H32O4. The largest absolute Gasteiger partial charge is 0.466 e. The van der Waals surface area contributed by atoms with Crippen molar-refractivity contribution < 1.29 is 20.1 Å². The molecule has 0 atom stereocenters. The molecule has 0 radical (unpaired) electrons. The smallest absolute Gasteiger partial charge is 0.302 e. The van der Waals surface area contributed by atoms with Crippen LogP contribution in [0.25, 0.3) is 0 Å². The van der Waals surface area contributed by atoms with Gasteiger partial charge in [-0.05, 0) is 13.8 Å². The molecule has 0 fully saturated rings. The van der Waals surface area contributed by atoms with Crippen molar-refractivity contribution >= 4 is 5.97 Å². The lowest BCUT2D eigenvalue weighted by Gasteiger charge is -1.90. The van der Waals surface area contributed by atoms with Gasteiger partial charge in [-0.1, -0.05) is 46.0 Å². The van der Waals surface area contributed by atoms with Crippen molar-refractivity contribution in [2.45, 2.75) is 66.7 Å². The van der Waals surface area contributed by atoms with E-state index in [1.165, 1.54) is 39.0 Å². The monoisotopic (exact) mass is 252 g/mol. The van der Waals surface area contributed by atoms with Crippen LogP contribution in [-0.4, -0.2) is 29.8 Å². The topological polar surface area (TPSA) is 78.0 Å². The van der Waals surface area contributed by atoms with E-state index in [4.69, 9.17) is 5.11 Å². The van der Waals surface area contributed by atoms with Crippen molar-refractivity contribution in [2.75, 3.05) is 13.2 Å². The minimum atomic E-state index is -0.211. The quantitative estimate of drug-likeness (QED) is 0.603. The Bertz CT molecular complexity index is 112. The lowest BCUT2D eigenvalue weighted by Crippen LogP contribution is -1.95. The summed E-state index contributed by atoms with van der Waals surface area (Å²) in [6, 6.07) is 0. The predicted molar refractivity (Wildman–Crippen MR) is 73.1 cm³/mol. The summed E-state index contributed by atoms with van der Waals surface area (Å²) in [5, 5.41) is 7.57. The van der Waals surface area contributed by atoms with Gasteiger partial charge in [-0.25, -0.2) is 0 Å². The zero-order valence-corrected chi connectivity index (χ0v) is 12.2. The van der Waals surface area contributed by atoms with Crippen LogP contribution in [0.5, 0.6) is 0 Å². The van der Waals surface area contributed by atoms with Crippen LogP contribution < -0.4 is 0 Å². The molecule has 0 heterocycles. The van der Waals surface area contributed by atoms with Gasteiger partial charge in [0, 0.05) is 13.5 Å². The van der Waals surface area contributed by atoms with Gasteiger partial charge in [0.2, 0.25) is 0 Å². The third-order valence-electron chi connectivity index (χ3n) is 1.55. The average Bonchev–Trinajstić information content (AvgIpc) is 2.20. The molecule has 0 bridgehead atoms. The van der Waals surface area contributed by atoms with Gasteiger partial charge in [0.1, 0.15) is 0 Å². The number of hydrogen-bond donors (Lipinski definition) is 1. The number of unbranched alkanes of at least 4 members (excludes halogenated alkanes) is 4. The summed E-state index contributed by atoms with van der Waals surface area (Å²) in [5.74, 6) is -0.211. The molecule has 0 aliphatic heterocycles. The summed E-state index contributed by atoms with van der Waals surface area (Å²) >= 11 is 0. The number of rotatable bonds is 5. The van der Waals surface area contributed by atoms with E-state index in [1.54, 1.807) is 13.8 Å². The fraction of sp³-hybridized carbons (Fsp3) is 0.923. The van der Waals surface area contributed by atoms with Crippen LogP contribution >= 0.6 is 0 Å². The highest BCUT2D eigenvalue weighted by atomic mass is 16.5. The molecule has 0 aromatic heterocycles. The SMILES string of the molecule is CCCCCCC.CCO.CCOC(C)=O.O. The second kappa shape index (κ2) is 29.5. The first-order chi connectivity index (χ1) is 7.60. The van der Waals surface area contributed by atoms with Crippen molar-refractivity contribution in [2.24, 2.45) is 0 Å². The number of aliphatic hydroxyl groups is 1. The Labute approximate surface area is 107 Å². The molecule has 0 aliphatic carbocycles. The molecule has 0 spiro atoms. The summed E-state index contributed by atoms with van der Waals surface area (Å²) in [6.45, 7) is 10.1. The van der Waals surface area contributed by atoms with E-state index in [9.17, 15) is 4.79 Å². The number of carbonyl (C=O) groups is 1. The first kappa shape index (κ1) is 25.3. The van der Waals surface area contributed by atoms with Crippen LogP contribution in [0.2, 0.25) is 0 Å². The fourth-order valence-corrected chi connectivity index (χ4v) is 0.880. The molecule has 0 rings (SSSR count). The van der Waals surface area contributed by atoms with Gasteiger partial charge in [0.15, 0.2) is 0 Å². The Balaban J connectivity index is -0.0000000778. The van der Waals surface area contributed by atoms with E-state index < -0.39 is 0 Å². The van der Waals surface area contributed by atoms with Crippen molar-refractivity contribution in [3.63, 3.8) is 0 Å². The molecule has 0 unspecified atom stereocenters. The van der Waals surface area contributed by atoms with Crippen molar-refractivity contribution in [3.8, 4) is 0 Å². The van der Waals surface area contributed by atoms with E-state index in [-0.39, 0.29) is 18.1 Å². The summed E-state index contributed by atoms with van der Waals surface area (Å²) in [6.07, 6.45) is 7.01. The highest BCUT2D eigenvalue weighted by Crippen LogP contribution is 2.00. The zero-order valence-electron chi connectivity index (χ0n) is 12.2. The van der Waals surface area contributed by atoms with Crippen LogP contribution in [0, 0.1) is 0 Å². The highest BCUT2D eigenvalue weighted by Gasteiger charge is 1.81. The van der Waals surface area contributed by atoms with Gasteiger partial charge in [0.05, 0.1) is 6.61 Å². The Morgan fingerprint density at radius 2 is 1.35 bits per heavy atom. The van der Waals surface area contributed by atoms with Crippen molar-refractivity contribution in [1.29, 1.82) is 0 Å². The number of hydrogen-bond acceptors (Lipinski definition) is 3. The second-order valence-electron chi connectivity index (χ2n) is 3.30. The Morgan fingerprint density at radius 1 is 1.00 bits per heavy atom. The van der Waals surface area contributed by atoms with Crippen LogP contribution in [0.4, 0.5) is 0 Å². The third-order valence-corrected chi connectivity index (χ3v) is 1.55. The van der Waals surface area contributed by atoms with E-state index >= 15 is 0 Å². The molecule has 0 amide bonds. The van der Waals surface area contributed by atoms with E-state index in [0.717, 1.165) is 0 Å².